The zero-order valence-electron chi connectivity index (χ0n) is 10.7. The van der Waals surface area contributed by atoms with Crippen LogP contribution in [0.3, 0.4) is 0 Å². The molecular weight excluding hydrogens is 294 g/mol. The Kier molecular flexibility index (Phi) is 4.41. The van der Waals surface area contributed by atoms with Crippen molar-refractivity contribution in [2.45, 2.75) is 39.4 Å². The molecule has 0 aliphatic heterocycles. The number of nitrogens with one attached hydrogen (secondary N) is 1. The Morgan fingerprint density at radius 3 is 2.72 bits per heavy atom. The number of rotatable bonds is 6. The van der Waals surface area contributed by atoms with Crippen molar-refractivity contribution in [3.05, 3.63) is 29.3 Å². The molecule has 2 rings (SSSR count). The van der Waals surface area contributed by atoms with Gasteiger partial charge in [0, 0.05) is 25.0 Å². The van der Waals surface area contributed by atoms with Crippen LogP contribution in [-0.4, -0.2) is 25.6 Å². The standard InChI is InChI=1S/C12H18BrN5/c1-3-4-17-9-12(6-15-17)16-10(2)7-18-8-11(13)5-14-18/h5-6,8-10,16H,3-4,7H2,1-2H3/t10-/m0/s1. The first-order valence-electron chi connectivity index (χ1n) is 6.14. The predicted molar refractivity (Wildman–Crippen MR) is 75.5 cm³/mol. The summed E-state index contributed by atoms with van der Waals surface area (Å²) in [6, 6.07) is 0.302. The molecule has 1 N–H and O–H groups in total. The molecule has 0 bridgehead atoms. The Labute approximate surface area is 115 Å². The molecule has 0 radical (unpaired) electrons. The lowest BCUT2D eigenvalue weighted by Gasteiger charge is -2.13. The van der Waals surface area contributed by atoms with Gasteiger partial charge in [0.15, 0.2) is 0 Å². The number of nitrogens with zero attached hydrogens (tertiary/aromatic N) is 4. The van der Waals surface area contributed by atoms with E-state index in [1.54, 1.807) is 6.20 Å². The van der Waals surface area contributed by atoms with Crippen molar-refractivity contribution in [1.29, 1.82) is 0 Å². The Morgan fingerprint density at radius 2 is 2.06 bits per heavy atom. The van der Waals surface area contributed by atoms with E-state index in [1.807, 2.05) is 28.0 Å². The molecule has 0 unspecified atom stereocenters. The molecule has 2 aromatic rings. The van der Waals surface area contributed by atoms with E-state index in [0.29, 0.717) is 6.04 Å². The second-order valence-electron chi connectivity index (χ2n) is 4.42. The van der Waals surface area contributed by atoms with E-state index in [0.717, 1.165) is 29.7 Å². The van der Waals surface area contributed by atoms with Gasteiger partial charge in [-0.25, -0.2) is 0 Å². The first kappa shape index (κ1) is 13.1. The summed E-state index contributed by atoms with van der Waals surface area (Å²) in [6.07, 6.45) is 8.77. The molecule has 6 heteroatoms. The van der Waals surface area contributed by atoms with Crippen molar-refractivity contribution in [2.75, 3.05) is 5.32 Å². The molecule has 0 amide bonds. The summed E-state index contributed by atoms with van der Waals surface area (Å²) in [5, 5.41) is 12.0. The SMILES string of the molecule is CCCn1cc(N[C@@H](C)Cn2cc(Br)cn2)cn1. The summed E-state index contributed by atoms with van der Waals surface area (Å²) in [7, 11) is 0. The minimum atomic E-state index is 0.302. The summed E-state index contributed by atoms with van der Waals surface area (Å²) >= 11 is 3.39. The Hall–Kier alpha value is -1.30. The highest BCUT2D eigenvalue weighted by Crippen LogP contribution is 2.10. The van der Waals surface area contributed by atoms with Crippen LogP contribution in [0.2, 0.25) is 0 Å². The zero-order chi connectivity index (χ0) is 13.0. The smallest absolute Gasteiger partial charge is 0.0729 e. The summed E-state index contributed by atoms with van der Waals surface area (Å²) in [6.45, 7) is 6.06. The van der Waals surface area contributed by atoms with Crippen LogP contribution in [0, 0.1) is 0 Å². The van der Waals surface area contributed by atoms with Crippen LogP contribution >= 0.6 is 15.9 Å². The quantitative estimate of drug-likeness (QED) is 0.892. The third-order valence-corrected chi connectivity index (χ3v) is 2.97. The van der Waals surface area contributed by atoms with Gasteiger partial charge in [-0.2, -0.15) is 10.2 Å². The highest BCUT2D eigenvalue weighted by Gasteiger charge is 2.06. The van der Waals surface area contributed by atoms with E-state index in [2.05, 4.69) is 45.3 Å². The van der Waals surface area contributed by atoms with Crippen LogP contribution in [0.15, 0.2) is 29.3 Å². The molecule has 0 spiro atoms. The third-order valence-electron chi connectivity index (χ3n) is 2.56. The fourth-order valence-corrected chi connectivity index (χ4v) is 2.17. The molecule has 0 fully saturated rings. The number of halogens is 1. The molecule has 98 valence electrons. The largest absolute Gasteiger partial charge is 0.378 e. The molecule has 0 aromatic carbocycles. The van der Waals surface area contributed by atoms with Crippen molar-refractivity contribution in [3.63, 3.8) is 0 Å². The maximum Gasteiger partial charge on any atom is 0.0729 e. The van der Waals surface area contributed by atoms with Crippen LogP contribution < -0.4 is 5.32 Å². The third kappa shape index (κ3) is 3.60. The van der Waals surface area contributed by atoms with Gasteiger partial charge in [-0.05, 0) is 29.3 Å². The molecule has 1 atom stereocenters. The van der Waals surface area contributed by atoms with Crippen LogP contribution in [0.1, 0.15) is 20.3 Å². The average Bonchev–Trinajstić information content (AvgIpc) is 2.89. The first-order chi connectivity index (χ1) is 8.67. The Balaban J connectivity index is 1.88. The van der Waals surface area contributed by atoms with Crippen LogP contribution in [0.4, 0.5) is 5.69 Å². The second kappa shape index (κ2) is 6.04. The van der Waals surface area contributed by atoms with Crippen molar-refractivity contribution < 1.29 is 0 Å². The van der Waals surface area contributed by atoms with Crippen molar-refractivity contribution in [2.24, 2.45) is 0 Å². The minimum Gasteiger partial charge on any atom is -0.378 e. The summed E-state index contributed by atoms with van der Waals surface area (Å²) in [4.78, 5) is 0. The molecular formula is C12H18BrN5. The Bertz CT molecular complexity index is 490. The maximum absolute atomic E-state index is 4.29. The molecule has 0 saturated carbocycles. The normalized spacial score (nSPS) is 12.6. The summed E-state index contributed by atoms with van der Waals surface area (Å²) < 4.78 is 4.88. The number of aryl methyl sites for hydroxylation is 1. The highest BCUT2D eigenvalue weighted by molar-refractivity contribution is 9.10. The lowest BCUT2D eigenvalue weighted by Crippen LogP contribution is -2.21. The number of hydrogen-bond donors (Lipinski definition) is 1. The fraction of sp³-hybridized carbons (Fsp3) is 0.500. The molecule has 2 aromatic heterocycles. The molecule has 5 nitrogen and oxygen atoms in total. The molecule has 18 heavy (non-hydrogen) atoms. The molecule has 0 saturated heterocycles. The number of hydrogen-bond acceptors (Lipinski definition) is 3. The summed E-state index contributed by atoms with van der Waals surface area (Å²) in [5.74, 6) is 0. The van der Waals surface area contributed by atoms with E-state index in [4.69, 9.17) is 0 Å². The van der Waals surface area contributed by atoms with Gasteiger partial charge in [0.1, 0.15) is 0 Å². The Morgan fingerprint density at radius 1 is 1.28 bits per heavy atom. The molecule has 2 heterocycles. The van der Waals surface area contributed by atoms with Crippen molar-refractivity contribution in [1.82, 2.24) is 19.6 Å². The average molecular weight is 312 g/mol. The van der Waals surface area contributed by atoms with Crippen molar-refractivity contribution in [3.8, 4) is 0 Å². The summed E-state index contributed by atoms with van der Waals surface area (Å²) in [5.41, 5.74) is 1.06. The van der Waals surface area contributed by atoms with Gasteiger partial charge in [0.2, 0.25) is 0 Å². The predicted octanol–water partition coefficient (Wildman–Crippen LogP) is 2.75. The maximum atomic E-state index is 4.29. The van der Waals surface area contributed by atoms with Gasteiger partial charge in [-0.1, -0.05) is 6.92 Å². The number of anilines is 1. The highest BCUT2D eigenvalue weighted by atomic mass is 79.9. The molecule has 0 aliphatic rings. The van der Waals surface area contributed by atoms with E-state index in [1.165, 1.54) is 0 Å². The van der Waals surface area contributed by atoms with Gasteiger partial charge in [-0.3, -0.25) is 9.36 Å². The van der Waals surface area contributed by atoms with Crippen LogP contribution in [-0.2, 0) is 13.1 Å². The van der Waals surface area contributed by atoms with E-state index < -0.39 is 0 Å². The molecule has 0 aliphatic carbocycles. The van der Waals surface area contributed by atoms with Gasteiger partial charge >= 0.3 is 0 Å². The minimum absolute atomic E-state index is 0.302. The zero-order valence-corrected chi connectivity index (χ0v) is 12.3. The van der Waals surface area contributed by atoms with Gasteiger partial charge < -0.3 is 5.32 Å². The van der Waals surface area contributed by atoms with Gasteiger partial charge in [0.05, 0.1) is 29.1 Å². The fourth-order valence-electron chi connectivity index (χ4n) is 1.84. The van der Waals surface area contributed by atoms with E-state index >= 15 is 0 Å². The monoisotopic (exact) mass is 311 g/mol. The first-order valence-corrected chi connectivity index (χ1v) is 6.93. The van der Waals surface area contributed by atoms with Crippen LogP contribution in [0.5, 0.6) is 0 Å². The van der Waals surface area contributed by atoms with Crippen LogP contribution in [0.25, 0.3) is 0 Å². The number of aromatic nitrogens is 4. The second-order valence-corrected chi connectivity index (χ2v) is 5.33. The lowest BCUT2D eigenvalue weighted by molar-refractivity contribution is 0.560. The van der Waals surface area contributed by atoms with E-state index in [9.17, 15) is 0 Å². The van der Waals surface area contributed by atoms with E-state index in [-0.39, 0.29) is 0 Å². The van der Waals surface area contributed by atoms with Gasteiger partial charge in [-0.15, -0.1) is 0 Å². The lowest BCUT2D eigenvalue weighted by atomic mass is 10.3. The van der Waals surface area contributed by atoms with Gasteiger partial charge in [0.25, 0.3) is 0 Å². The van der Waals surface area contributed by atoms with Crippen molar-refractivity contribution >= 4 is 21.6 Å². The topological polar surface area (TPSA) is 47.7 Å².